The van der Waals surface area contributed by atoms with Crippen molar-refractivity contribution in [2.24, 2.45) is 0 Å². The van der Waals surface area contributed by atoms with Gasteiger partial charge in [-0.05, 0) is 24.6 Å². The number of carbonyl (C=O) groups is 3. The third-order valence-corrected chi connectivity index (χ3v) is 6.09. The minimum atomic E-state index is -1.91. The van der Waals surface area contributed by atoms with Crippen LogP contribution in [-0.2, 0) is 24.7 Å². The molecule has 4 rings (SSSR count). The van der Waals surface area contributed by atoms with Gasteiger partial charge < -0.3 is 19.6 Å². The quantitative estimate of drug-likeness (QED) is 0.317. The number of ketones is 1. The van der Waals surface area contributed by atoms with Gasteiger partial charge in [0.15, 0.2) is 5.54 Å². The standard InChI is InChI=1S/C25H23FN2O5/c1-4-11-27-19-8-6-5-7-17(19)25(24(27)32)20(22(30)23(31)28(25)12-13-33-3)21(29)16-10-9-15(2)18(26)14-16/h4-10,14,29H,1,11-13H2,2-3H3/t25-/m1/s1. The number of aliphatic hydroxyl groups excluding tert-OH is 1. The minimum Gasteiger partial charge on any atom is -0.507 e. The number of carbonyl (C=O) groups excluding carboxylic acids is 3. The first kappa shape index (κ1) is 22.4. The average molecular weight is 450 g/mol. The molecule has 0 radical (unpaired) electrons. The van der Waals surface area contributed by atoms with E-state index in [9.17, 15) is 23.9 Å². The molecule has 2 aromatic carbocycles. The zero-order valence-corrected chi connectivity index (χ0v) is 18.3. The van der Waals surface area contributed by atoms with Gasteiger partial charge in [-0.2, -0.15) is 0 Å². The summed E-state index contributed by atoms with van der Waals surface area (Å²) in [5, 5.41) is 11.2. The van der Waals surface area contributed by atoms with E-state index in [-0.39, 0.29) is 25.3 Å². The van der Waals surface area contributed by atoms with Crippen LogP contribution in [0.4, 0.5) is 10.1 Å². The molecule has 1 N–H and O–H groups in total. The number of likely N-dealkylation sites (tertiary alicyclic amines) is 1. The van der Waals surface area contributed by atoms with Crippen molar-refractivity contribution in [1.82, 2.24) is 4.90 Å². The molecule has 170 valence electrons. The van der Waals surface area contributed by atoms with Crippen molar-refractivity contribution in [3.63, 3.8) is 0 Å². The lowest BCUT2D eigenvalue weighted by atomic mass is 9.82. The smallest absolute Gasteiger partial charge is 0.296 e. The summed E-state index contributed by atoms with van der Waals surface area (Å²) in [6.45, 7) is 5.38. The lowest BCUT2D eigenvalue weighted by Gasteiger charge is -2.34. The van der Waals surface area contributed by atoms with Crippen molar-refractivity contribution in [3.8, 4) is 0 Å². The van der Waals surface area contributed by atoms with Gasteiger partial charge in [-0.3, -0.25) is 14.4 Å². The lowest BCUT2D eigenvalue weighted by molar-refractivity contribution is -0.144. The van der Waals surface area contributed by atoms with Gasteiger partial charge in [-0.25, -0.2) is 4.39 Å². The number of rotatable bonds is 6. The molecule has 0 aliphatic carbocycles. The molecular weight excluding hydrogens is 427 g/mol. The summed E-state index contributed by atoms with van der Waals surface area (Å²) < 4.78 is 19.4. The Bertz CT molecular complexity index is 1220. The third kappa shape index (κ3) is 3.09. The molecule has 0 saturated carbocycles. The highest BCUT2D eigenvalue weighted by atomic mass is 19.1. The van der Waals surface area contributed by atoms with E-state index < -0.39 is 40.3 Å². The molecule has 2 amide bonds. The van der Waals surface area contributed by atoms with Gasteiger partial charge >= 0.3 is 0 Å². The van der Waals surface area contributed by atoms with Crippen LogP contribution < -0.4 is 4.90 Å². The molecule has 2 aromatic rings. The highest BCUT2D eigenvalue weighted by molar-refractivity contribution is 6.50. The number of aliphatic hydroxyl groups is 1. The van der Waals surface area contributed by atoms with Gasteiger partial charge in [-0.15, -0.1) is 6.58 Å². The van der Waals surface area contributed by atoms with E-state index in [2.05, 4.69) is 6.58 Å². The normalized spacial score (nSPS) is 21.2. The second-order valence-electron chi connectivity index (χ2n) is 7.90. The largest absolute Gasteiger partial charge is 0.507 e. The Morgan fingerprint density at radius 2 is 1.94 bits per heavy atom. The van der Waals surface area contributed by atoms with Gasteiger partial charge in [-0.1, -0.05) is 36.4 Å². The second-order valence-corrected chi connectivity index (χ2v) is 7.90. The van der Waals surface area contributed by atoms with Crippen LogP contribution in [0, 0.1) is 12.7 Å². The Balaban J connectivity index is 2.07. The van der Waals surface area contributed by atoms with Crippen molar-refractivity contribution < 1.29 is 28.6 Å². The van der Waals surface area contributed by atoms with Crippen LogP contribution in [-0.4, -0.2) is 54.4 Å². The number of nitrogens with zero attached hydrogens (tertiary/aromatic N) is 2. The van der Waals surface area contributed by atoms with Crippen molar-refractivity contribution >= 4 is 29.0 Å². The molecule has 2 aliphatic heterocycles. The lowest BCUT2D eigenvalue weighted by Crippen LogP contribution is -2.52. The number of hydrogen-bond acceptors (Lipinski definition) is 5. The predicted octanol–water partition coefficient (Wildman–Crippen LogP) is 2.89. The van der Waals surface area contributed by atoms with E-state index in [0.29, 0.717) is 16.8 Å². The number of aryl methyl sites for hydroxylation is 1. The van der Waals surface area contributed by atoms with Crippen LogP contribution in [0.15, 0.2) is 60.7 Å². The zero-order chi connectivity index (χ0) is 23.9. The fourth-order valence-electron chi connectivity index (χ4n) is 4.54. The molecule has 2 aliphatic rings. The van der Waals surface area contributed by atoms with E-state index in [4.69, 9.17) is 4.74 Å². The molecule has 8 heteroatoms. The first-order valence-electron chi connectivity index (χ1n) is 10.4. The number of Topliss-reactive ketones (excluding diaryl/α,β-unsaturated/α-hetero) is 1. The van der Waals surface area contributed by atoms with Crippen LogP contribution in [0.5, 0.6) is 0 Å². The summed E-state index contributed by atoms with van der Waals surface area (Å²) in [5.41, 5.74) is -1.08. The summed E-state index contributed by atoms with van der Waals surface area (Å²) in [4.78, 5) is 43.0. The molecule has 0 bridgehead atoms. The molecule has 1 fully saturated rings. The predicted molar refractivity (Wildman–Crippen MR) is 120 cm³/mol. The van der Waals surface area contributed by atoms with E-state index in [1.54, 1.807) is 31.2 Å². The molecule has 0 aromatic heterocycles. The summed E-state index contributed by atoms with van der Waals surface area (Å²) >= 11 is 0. The number of methoxy groups -OCH3 is 1. The van der Waals surface area contributed by atoms with Gasteiger partial charge in [0.05, 0.1) is 17.9 Å². The van der Waals surface area contributed by atoms with Crippen molar-refractivity contribution in [1.29, 1.82) is 0 Å². The van der Waals surface area contributed by atoms with Crippen LogP contribution >= 0.6 is 0 Å². The Kier molecular flexibility index (Phi) is 5.63. The van der Waals surface area contributed by atoms with Crippen molar-refractivity contribution in [2.45, 2.75) is 12.5 Å². The Morgan fingerprint density at radius 3 is 2.61 bits per heavy atom. The van der Waals surface area contributed by atoms with Gasteiger partial charge in [0, 0.05) is 31.3 Å². The van der Waals surface area contributed by atoms with E-state index in [1.165, 1.54) is 30.2 Å². The van der Waals surface area contributed by atoms with Gasteiger partial charge in [0.2, 0.25) is 0 Å². The first-order valence-corrected chi connectivity index (χ1v) is 10.4. The second kappa shape index (κ2) is 8.29. The number of hydrogen-bond donors (Lipinski definition) is 1. The topological polar surface area (TPSA) is 87.2 Å². The van der Waals surface area contributed by atoms with E-state index >= 15 is 0 Å². The van der Waals surface area contributed by atoms with E-state index in [0.717, 1.165) is 11.0 Å². The zero-order valence-electron chi connectivity index (χ0n) is 18.3. The molecule has 1 saturated heterocycles. The SMILES string of the molecule is C=CCN1C(=O)[C@]2(C(=C(O)c3ccc(C)c(F)c3)C(=O)C(=O)N2CCOC)c2ccccc21. The first-order chi connectivity index (χ1) is 15.8. The maximum Gasteiger partial charge on any atom is 0.296 e. The number of para-hydroxylation sites is 1. The monoisotopic (exact) mass is 450 g/mol. The molecular formula is C25H23FN2O5. The van der Waals surface area contributed by atoms with Crippen LogP contribution in [0.3, 0.4) is 0 Å². The van der Waals surface area contributed by atoms with Crippen molar-refractivity contribution in [2.75, 3.05) is 31.7 Å². The molecule has 1 spiro atoms. The molecule has 33 heavy (non-hydrogen) atoms. The van der Waals surface area contributed by atoms with Crippen LogP contribution in [0.2, 0.25) is 0 Å². The Morgan fingerprint density at radius 1 is 1.21 bits per heavy atom. The fraction of sp³-hybridized carbons (Fsp3) is 0.240. The highest BCUT2D eigenvalue weighted by Crippen LogP contribution is 2.53. The highest BCUT2D eigenvalue weighted by Gasteiger charge is 2.66. The number of amides is 2. The van der Waals surface area contributed by atoms with E-state index in [1.807, 2.05) is 0 Å². The van der Waals surface area contributed by atoms with Crippen LogP contribution in [0.25, 0.3) is 5.76 Å². The summed E-state index contributed by atoms with van der Waals surface area (Å²) in [6, 6.07) is 10.7. The van der Waals surface area contributed by atoms with Crippen molar-refractivity contribution in [3.05, 3.63) is 83.2 Å². The van der Waals surface area contributed by atoms with Crippen LogP contribution in [0.1, 0.15) is 16.7 Å². The summed E-state index contributed by atoms with van der Waals surface area (Å²) in [6.07, 6.45) is 1.53. The minimum absolute atomic E-state index is 0.00494. The number of halogens is 1. The number of ether oxygens (including phenoxy) is 1. The molecule has 2 heterocycles. The van der Waals surface area contributed by atoms with Gasteiger partial charge in [0.25, 0.3) is 17.6 Å². The molecule has 1 atom stereocenters. The number of anilines is 1. The summed E-state index contributed by atoms with van der Waals surface area (Å²) in [5.74, 6) is -3.74. The molecule has 0 unspecified atom stereocenters. The fourth-order valence-corrected chi connectivity index (χ4v) is 4.54. The molecule has 7 nitrogen and oxygen atoms in total. The number of benzene rings is 2. The van der Waals surface area contributed by atoms with Gasteiger partial charge in [0.1, 0.15) is 11.6 Å². The Labute approximate surface area is 190 Å². The average Bonchev–Trinajstić information content (AvgIpc) is 3.18. The number of fused-ring (bicyclic) bond motifs is 2. The summed E-state index contributed by atoms with van der Waals surface area (Å²) in [7, 11) is 1.44. The maximum absolute atomic E-state index is 14.3. The Hall–Kier alpha value is -3.78. The third-order valence-electron chi connectivity index (χ3n) is 6.09. The maximum atomic E-state index is 14.3.